The van der Waals surface area contributed by atoms with E-state index < -0.39 is 17.9 Å². The van der Waals surface area contributed by atoms with Crippen molar-refractivity contribution in [3.05, 3.63) is 102 Å². The van der Waals surface area contributed by atoms with Gasteiger partial charge in [-0.05, 0) is 59.2 Å². The van der Waals surface area contributed by atoms with Crippen LogP contribution in [0.4, 0.5) is 0 Å². The van der Waals surface area contributed by atoms with E-state index in [1.54, 1.807) is 24.5 Å². The van der Waals surface area contributed by atoms with Crippen molar-refractivity contribution < 1.29 is 24.2 Å². The molecule has 9 nitrogen and oxygen atoms in total. The van der Waals surface area contributed by atoms with Crippen LogP contribution in [-0.2, 0) is 21.4 Å². The lowest BCUT2D eigenvalue weighted by Gasteiger charge is -2.20. The molecule has 47 heavy (non-hydrogen) atoms. The first kappa shape index (κ1) is 34.8. The van der Waals surface area contributed by atoms with Gasteiger partial charge in [-0.15, -0.1) is 0 Å². The maximum atomic E-state index is 13.1. The molecule has 1 heterocycles. The molecule has 0 radical (unpaired) electrons. The first-order chi connectivity index (χ1) is 22.5. The maximum absolute atomic E-state index is 13.1. The first-order valence-electron chi connectivity index (χ1n) is 16.1. The van der Waals surface area contributed by atoms with Gasteiger partial charge in [0.05, 0.1) is 12.5 Å². The van der Waals surface area contributed by atoms with Crippen molar-refractivity contribution in [2.24, 2.45) is 0 Å². The Kier molecular flexibility index (Phi) is 11.8. The van der Waals surface area contributed by atoms with Gasteiger partial charge < -0.3 is 20.5 Å². The molecule has 0 aliphatic heterocycles. The molecule has 0 fully saturated rings. The number of hydrogen-bond acceptors (Lipinski definition) is 6. The monoisotopic (exact) mass is 636 g/mol. The number of ether oxygens (including phenoxy) is 1. The van der Waals surface area contributed by atoms with Gasteiger partial charge in [0.1, 0.15) is 11.8 Å². The molecule has 3 aromatic carbocycles. The number of aliphatic carboxylic acids is 1. The van der Waals surface area contributed by atoms with Gasteiger partial charge in [0.25, 0.3) is 5.91 Å². The van der Waals surface area contributed by atoms with Crippen LogP contribution in [0.3, 0.4) is 0 Å². The standard InChI is InChI=1S/C38H44N4O5/c1-6-31(7-2)47-32-18-14-26(15-19-32)29-23-40-35(41-24-29)27-10-8-25(9-11-27)22-33(37(46)39-21-20-34(43)44)42-36(45)28-12-16-30(17-13-28)38(3,4)5/h8-19,23-24,31,33H,6-7,20-22H2,1-5H3,(H,39,46)(H,42,45)(H,43,44). The number of rotatable bonds is 14. The molecule has 0 saturated heterocycles. The fourth-order valence-electron chi connectivity index (χ4n) is 5.01. The summed E-state index contributed by atoms with van der Waals surface area (Å²) in [7, 11) is 0. The number of carbonyl (C=O) groups is 3. The summed E-state index contributed by atoms with van der Waals surface area (Å²) in [6, 6.07) is 21.8. The van der Waals surface area contributed by atoms with E-state index in [4.69, 9.17) is 9.84 Å². The Bertz CT molecular complexity index is 1620. The van der Waals surface area contributed by atoms with E-state index in [9.17, 15) is 14.4 Å². The Balaban J connectivity index is 1.44. The number of carboxylic acids is 1. The smallest absolute Gasteiger partial charge is 0.305 e. The molecule has 0 aliphatic carbocycles. The van der Waals surface area contributed by atoms with Crippen molar-refractivity contribution in [2.45, 2.75) is 77.9 Å². The van der Waals surface area contributed by atoms with Gasteiger partial charge in [-0.25, -0.2) is 9.97 Å². The number of nitrogens with one attached hydrogen (secondary N) is 2. The highest BCUT2D eigenvalue weighted by atomic mass is 16.5. The number of hydrogen-bond donors (Lipinski definition) is 3. The predicted molar refractivity (Wildman–Crippen MR) is 183 cm³/mol. The summed E-state index contributed by atoms with van der Waals surface area (Å²) >= 11 is 0. The zero-order valence-electron chi connectivity index (χ0n) is 27.7. The molecule has 0 aliphatic rings. The van der Waals surface area contributed by atoms with E-state index in [2.05, 4.69) is 55.2 Å². The highest BCUT2D eigenvalue weighted by Crippen LogP contribution is 2.25. The highest BCUT2D eigenvalue weighted by Gasteiger charge is 2.23. The molecule has 1 atom stereocenters. The van der Waals surface area contributed by atoms with Crippen molar-refractivity contribution >= 4 is 17.8 Å². The second kappa shape index (κ2) is 16.0. The van der Waals surface area contributed by atoms with Crippen molar-refractivity contribution in [3.8, 4) is 28.3 Å². The quantitative estimate of drug-likeness (QED) is 0.142. The summed E-state index contributed by atoms with van der Waals surface area (Å²) < 4.78 is 6.01. The fourth-order valence-corrected chi connectivity index (χ4v) is 5.01. The van der Waals surface area contributed by atoms with Crippen molar-refractivity contribution in [1.29, 1.82) is 0 Å². The SMILES string of the molecule is CCC(CC)Oc1ccc(-c2cnc(-c3ccc(CC(NC(=O)c4ccc(C(C)(C)C)cc4)C(=O)NCCC(=O)O)cc3)nc2)cc1. The molecule has 246 valence electrons. The third-order valence-electron chi connectivity index (χ3n) is 7.98. The molecule has 0 bridgehead atoms. The highest BCUT2D eigenvalue weighted by molar-refractivity contribution is 5.97. The lowest BCUT2D eigenvalue weighted by atomic mass is 9.86. The third-order valence-corrected chi connectivity index (χ3v) is 7.98. The average molecular weight is 637 g/mol. The topological polar surface area (TPSA) is 131 Å². The molecule has 4 rings (SSSR count). The minimum Gasteiger partial charge on any atom is -0.490 e. The van der Waals surface area contributed by atoms with Gasteiger partial charge >= 0.3 is 5.97 Å². The Morgan fingerprint density at radius 2 is 1.40 bits per heavy atom. The number of nitrogens with zero attached hydrogens (tertiary/aromatic N) is 2. The van der Waals surface area contributed by atoms with Gasteiger partial charge in [0.2, 0.25) is 5.91 Å². The van der Waals surface area contributed by atoms with Gasteiger partial charge in [-0.3, -0.25) is 14.4 Å². The maximum Gasteiger partial charge on any atom is 0.305 e. The molecule has 1 aromatic heterocycles. The second-order valence-electron chi connectivity index (χ2n) is 12.6. The van der Waals surface area contributed by atoms with Gasteiger partial charge in [-0.2, -0.15) is 0 Å². The number of carboxylic acid groups (broad SMARTS) is 1. The Labute approximate surface area is 276 Å². The Hall–Kier alpha value is -5.05. The van der Waals surface area contributed by atoms with E-state index in [0.29, 0.717) is 11.4 Å². The summed E-state index contributed by atoms with van der Waals surface area (Å²) in [6.45, 7) is 10.5. The zero-order valence-corrected chi connectivity index (χ0v) is 27.7. The van der Waals surface area contributed by atoms with Crippen LogP contribution < -0.4 is 15.4 Å². The number of benzene rings is 3. The van der Waals surface area contributed by atoms with Crippen molar-refractivity contribution in [2.75, 3.05) is 6.54 Å². The van der Waals surface area contributed by atoms with Gasteiger partial charge in [0.15, 0.2) is 5.82 Å². The van der Waals surface area contributed by atoms with Gasteiger partial charge in [-0.1, -0.05) is 83.1 Å². The summed E-state index contributed by atoms with van der Waals surface area (Å²) in [4.78, 5) is 46.3. The Morgan fingerprint density at radius 3 is 1.96 bits per heavy atom. The summed E-state index contributed by atoms with van der Waals surface area (Å²) in [5.74, 6) is -0.458. The largest absolute Gasteiger partial charge is 0.490 e. The summed E-state index contributed by atoms with van der Waals surface area (Å²) in [5, 5.41) is 14.4. The fraction of sp³-hybridized carbons (Fsp3) is 0.342. The summed E-state index contributed by atoms with van der Waals surface area (Å²) in [6.07, 6.45) is 5.69. The van der Waals surface area contributed by atoms with Crippen LogP contribution in [0.1, 0.15) is 75.4 Å². The first-order valence-corrected chi connectivity index (χ1v) is 16.1. The van der Waals surface area contributed by atoms with Crippen LogP contribution in [0.15, 0.2) is 85.2 Å². The summed E-state index contributed by atoms with van der Waals surface area (Å²) in [5.41, 5.74) is 4.96. The lowest BCUT2D eigenvalue weighted by Crippen LogP contribution is -2.48. The molecular formula is C38H44N4O5. The second-order valence-corrected chi connectivity index (χ2v) is 12.6. The number of aromatic nitrogens is 2. The molecule has 1 unspecified atom stereocenters. The molecular weight excluding hydrogens is 592 g/mol. The van der Waals surface area contributed by atoms with Gasteiger partial charge in [0, 0.05) is 42.0 Å². The van der Waals surface area contributed by atoms with E-state index >= 15 is 0 Å². The molecule has 0 spiro atoms. The normalized spacial score (nSPS) is 12.0. The van der Waals surface area contributed by atoms with E-state index in [-0.39, 0.29) is 36.8 Å². The van der Waals surface area contributed by atoms with E-state index in [1.807, 2.05) is 60.7 Å². The zero-order chi connectivity index (χ0) is 34.0. The van der Waals surface area contributed by atoms with Crippen LogP contribution in [0, 0.1) is 0 Å². The molecule has 9 heteroatoms. The Morgan fingerprint density at radius 1 is 0.809 bits per heavy atom. The molecule has 4 aromatic rings. The van der Waals surface area contributed by atoms with Crippen LogP contribution in [0.2, 0.25) is 0 Å². The third kappa shape index (κ3) is 9.97. The molecule has 0 saturated carbocycles. The minimum atomic E-state index is -1.02. The number of amides is 2. The lowest BCUT2D eigenvalue weighted by molar-refractivity contribution is -0.137. The predicted octanol–water partition coefficient (Wildman–Crippen LogP) is 6.61. The van der Waals surface area contributed by atoms with Crippen LogP contribution in [0.25, 0.3) is 22.5 Å². The number of carbonyl (C=O) groups excluding carboxylic acids is 2. The van der Waals surface area contributed by atoms with Crippen molar-refractivity contribution in [3.63, 3.8) is 0 Å². The van der Waals surface area contributed by atoms with Crippen LogP contribution in [-0.4, -0.2) is 51.5 Å². The van der Waals surface area contributed by atoms with Crippen LogP contribution in [0.5, 0.6) is 5.75 Å². The molecule has 3 N–H and O–H groups in total. The van der Waals surface area contributed by atoms with Crippen LogP contribution >= 0.6 is 0 Å². The molecule has 2 amide bonds. The van der Waals surface area contributed by atoms with E-state index in [0.717, 1.165) is 46.4 Å². The minimum absolute atomic E-state index is 0.0385. The average Bonchev–Trinajstić information content (AvgIpc) is 3.07. The van der Waals surface area contributed by atoms with E-state index in [1.165, 1.54) is 0 Å². The van der Waals surface area contributed by atoms with Crippen molar-refractivity contribution in [1.82, 2.24) is 20.6 Å².